The molecule has 28 heavy (non-hydrogen) atoms. The van der Waals surface area contributed by atoms with Crippen molar-refractivity contribution in [2.24, 2.45) is 0 Å². The van der Waals surface area contributed by atoms with Gasteiger partial charge in [0.2, 0.25) is 0 Å². The van der Waals surface area contributed by atoms with Crippen molar-refractivity contribution in [3.63, 3.8) is 0 Å². The summed E-state index contributed by atoms with van der Waals surface area (Å²) in [5.41, 5.74) is 2.56. The van der Waals surface area contributed by atoms with E-state index >= 15 is 0 Å². The number of aliphatic hydroxyl groups excluding tert-OH is 2. The highest BCUT2D eigenvalue weighted by Crippen LogP contribution is 2.40. The van der Waals surface area contributed by atoms with Crippen molar-refractivity contribution in [1.82, 2.24) is 0 Å². The van der Waals surface area contributed by atoms with Crippen LogP contribution in [-0.2, 0) is 10.3 Å². The van der Waals surface area contributed by atoms with Crippen molar-refractivity contribution >= 4 is 0 Å². The molecule has 0 heterocycles. The Kier molecular flexibility index (Phi) is 7.38. The van der Waals surface area contributed by atoms with E-state index in [1.54, 1.807) is 0 Å². The van der Waals surface area contributed by atoms with Crippen LogP contribution < -0.4 is 0 Å². The molecule has 0 bridgehead atoms. The van der Waals surface area contributed by atoms with Gasteiger partial charge in [0.15, 0.2) is 0 Å². The summed E-state index contributed by atoms with van der Waals surface area (Å²) in [7, 11) is 0. The van der Waals surface area contributed by atoms with Gasteiger partial charge in [0.1, 0.15) is 5.60 Å². The van der Waals surface area contributed by atoms with Gasteiger partial charge in [-0.2, -0.15) is 0 Å². The van der Waals surface area contributed by atoms with Crippen LogP contribution in [0.4, 0.5) is 0 Å². The first kappa shape index (κ1) is 20.3. The van der Waals surface area contributed by atoms with Crippen LogP contribution in [0, 0.1) is 0 Å². The highest BCUT2D eigenvalue weighted by atomic mass is 16.5. The predicted octanol–water partition coefficient (Wildman–Crippen LogP) is 4.52. The minimum Gasteiger partial charge on any atom is -0.394 e. The zero-order valence-corrected chi connectivity index (χ0v) is 16.1. The van der Waals surface area contributed by atoms with Crippen LogP contribution in [0.2, 0.25) is 0 Å². The Balaban J connectivity index is 1.95. The number of unbranched alkanes of at least 4 members (excludes halogenated alkanes) is 1. The Morgan fingerprint density at radius 1 is 0.679 bits per heavy atom. The van der Waals surface area contributed by atoms with Gasteiger partial charge in [-0.15, -0.1) is 0 Å². The first-order valence-corrected chi connectivity index (χ1v) is 9.87. The molecule has 0 aliphatic heterocycles. The molecule has 1 atom stereocenters. The largest absolute Gasteiger partial charge is 0.394 e. The summed E-state index contributed by atoms with van der Waals surface area (Å²) in [4.78, 5) is 0. The van der Waals surface area contributed by atoms with E-state index in [0.717, 1.165) is 29.5 Å². The van der Waals surface area contributed by atoms with Gasteiger partial charge < -0.3 is 14.9 Å². The molecule has 3 heteroatoms. The summed E-state index contributed by atoms with van der Waals surface area (Å²) >= 11 is 0. The summed E-state index contributed by atoms with van der Waals surface area (Å²) in [6.07, 6.45) is 1.54. The number of benzene rings is 3. The van der Waals surface area contributed by atoms with Crippen molar-refractivity contribution < 1.29 is 14.9 Å². The van der Waals surface area contributed by atoms with E-state index in [-0.39, 0.29) is 6.61 Å². The number of hydrogen-bond donors (Lipinski definition) is 2. The third-order valence-corrected chi connectivity index (χ3v) is 5.00. The highest BCUT2D eigenvalue weighted by molar-refractivity contribution is 5.47. The third-order valence-electron chi connectivity index (χ3n) is 5.00. The van der Waals surface area contributed by atoms with Crippen LogP contribution >= 0.6 is 0 Å². The minimum absolute atomic E-state index is 0.192. The van der Waals surface area contributed by atoms with Crippen molar-refractivity contribution in [2.45, 2.75) is 31.0 Å². The second-order valence-electron chi connectivity index (χ2n) is 6.96. The first-order chi connectivity index (χ1) is 13.8. The molecule has 3 rings (SSSR count). The molecule has 3 aromatic carbocycles. The van der Waals surface area contributed by atoms with E-state index in [0.29, 0.717) is 13.0 Å². The van der Waals surface area contributed by atoms with E-state index in [1.165, 1.54) is 0 Å². The molecule has 146 valence electrons. The van der Waals surface area contributed by atoms with Gasteiger partial charge in [-0.1, -0.05) is 91.0 Å². The van der Waals surface area contributed by atoms with Crippen molar-refractivity contribution in [1.29, 1.82) is 0 Å². The first-order valence-electron chi connectivity index (χ1n) is 9.87. The maximum Gasteiger partial charge on any atom is 0.143 e. The lowest BCUT2D eigenvalue weighted by molar-refractivity contribution is 0.00842. The average Bonchev–Trinajstić information content (AvgIpc) is 2.78. The fourth-order valence-corrected chi connectivity index (χ4v) is 3.57. The van der Waals surface area contributed by atoms with E-state index in [9.17, 15) is 5.11 Å². The smallest absolute Gasteiger partial charge is 0.143 e. The zero-order chi connectivity index (χ0) is 19.7. The van der Waals surface area contributed by atoms with Crippen LogP contribution in [0.25, 0.3) is 0 Å². The molecule has 0 amide bonds. The van der Waals surface area contributed by atoms with Gasteiger partial charge in [-0.3, -0.25) is 0 Å². The molecule has 0 spiro atoms. The van der Waals surface area contributed by atoms with Crippen molar-refractivity contribution in [3.8, 4) is 0 Å². The Hall–Kier alpha value is -2.46. The Morgan fingerprint density at radius 2 is 1.11 bits per heavy atom. The number of hydrogen-bond acceptors (Lipinski definition) is 3. The fraction of sp³-hybridized carbons (Fsp3) is 0.280. The molecule has 3 nitrogen and oxygen atoms in total. The van der Waals surface area contributed by atoms with Crippen LogP contribution in [-0.4, -0.2) is 29.5 Å². The second kappa shape index (κ2) is 10.2. The predicted molar refractivity (Wildman–Crippen MR) is 112 cm³/mol. The zero-order valence-electron chi connectivity index (χ0n) is 16.1. The van der Waals surface area contributed by atoms with E-state index in [2.05, 4.69) is 36.4 Å². The molecule has 0 aliphatic carbocycles. The molecule has 0 aromatic heterocycles. The molecular formula is C25H28O3. The maximum absolute atomic E-state index is 9.56. The van der Waals surface area contributed by atoms with Gasteiger partial charge in [-0.25, -0.2) is 0 Å². The molecule has 0 aliphatic rings. The van der Waals surface area contributed by atoms with E-state index in [4.69, 9.17) is 9.84 Å². The molecule has 0 fully saturated rings. The van der Waals surface area contributed by atoms with E-state index < -0.39 is 11.7 Å². The lowest BCUT2D eigenvalue weighted by atomic mass is 9.80. The molecule has 0 saturated carbocycles. The van der Waals surface area contributed by atoms with Gasteiger partial charge in [0.25, 0.3) is 0 Å². The normalized spacial score (nSPS) is 12.6. The monoisotopic (exact) mass is 376 g/mol. The summed E-state index contributed by atoms with van der Waals surface area (Å²) in [6.45, 7) is 0.361. The minimum atomic E-state index is -0.695. The summed E-state index contributed by atoms with van der Waals surface area (Å²) in [6, 6.07) is 30.9. The molecule has 0 unspecified atom stereocenters. The molecule has 3 aromatic rings. The van der Waals surface area contributed by atoms with Gasteiger partial charge in [-0.05, 0) is 36.0 Å². The lowest BCUT2D eigenvalue weighted by Crippen LogP contribution is -2.33. The number of aliphatic hydroxyl groups is 2. The van der Waals surface area contributed by atoms with Gasteiger partial charge >= 0.3 is 0 Å². The topological polar surface area (TPSA) is 49.7 Å². The second-order valence-corrected chi connectivity index (χ2v) is 6.96. The average molecular weight is 376 g/mol. The molecular weight excluding hydrogens is 348 g/mol. The Bertz CT molecular complexity index is 706. The Labute approximate surface area is 167 Å². The van der Waals surface area contributed by atoms with Crippen LogP contribution in [0.15, 0.2) is 91.0 Å². The van der Waals surface area contributed by atoms with E-state index in [1.807, 2.05) is 54.6 Å². The standard InChI is InChI=1S/C25H28O3/c26-20-24(27)18-10-11-19-28-25(21-12-4-1-5-13-21,22-14-6-2-7-15-22)23-16-8-3-9-17-23/h1-9,12-17,24,26-27H,10-11,18-20H2/t24-/m0/s1. The van der Waals surface area contributed by atoms with Crippen LogP contribution in [0.5, 0.6) is 0 Å². The molecule has 2 N–H and O–H groups in total. The molecule has 0 saturated heterocycles. The lowest BCUT2D eigenvalue weighted by Gasteiger charge is -2.36. The fourth-order valence-electron chi connectivity index (χ4n) is 3.57. The Morgan fingerprint density at radius 3 is 1.50 bits per heavy atom. The summed E-state index contributed by atoms with van der Waals surface area (Å²) in [5.74, 6) is 0. The maximum atomic E-state index is 9.56. The molecule has 0 radical (unpaired) electrons. The summed E-state index contributed by atoms with van der Waals surface area (Å²) in [5, 5.41) is 18.5. The van der Waals surface area contributed by atoms with Crippen molar-refractivity contribution in [3.05, 3.63) is 108 Å². The number of rotatable bonds is 10. The quantitative estimate of drug-likeness (QED) is 0.404. The van der Waals surface area contributed by atoms with Crippen molar-refractivity contribution in [2.75, 3.05) is 13.2 Å². The summed E-state index contributed by atoms with van der Waals surface area (Å²) < 4.78 is 6.66. The van der Waals surface area contributed by atoms with Gasteiger partial charge in [0, 0.05) is 6.61 Å². The number of ether oxygens (including phenoxy) is 1. The third kappa shape index (κ3) is 4.68. The highest BCUT2D eigenvalue weighted by Gasteiger charge is 2.37. The SMILES string of the molecule is OC[C@@H](O)CCCCOC(c1ccccc1)(c1ccccc1)c1ccccc1. The van der Waals surface area contributed by atoms with Gasteiger partial charge in [0.05, 0.1) is 12.7 Å². The van der Waals surface area contributed by atoms with Crippen LogP contribution in [0.3, 0.4) is 0 Å². The van der Waals surface area contributed by atoms with Crippen LogP contribution in [0.1, 0.15) is 36.0 Å².